The van der Waals surface area contributed by atoms with Crippen LogP contribution in [0, 0.1) is 17.6 Å². The van der Waals surface area contributed by atoms with Gasteiger partial charge in [-0.1, -0.05) is 12.5 Å². The standard InChI is InChI=1S/C24H27F2N3O2/c25-19-6-3-7-20(26)22(19)24(31)28-18-11-9-16(10-12-18)23(30)27-15-17-5-4-14-29-13-2-1-8-21(17)29/h3,6-7,9-12,17,21H,1-2,4-5,8,13-15H2,(H,27,30)(H,28,31). The lowest BCUT2D eigenvalue weighted by Gasteiger charge is -2.44. The summed E-state index contributed by atoms with van der Waals surface area (Å²) >= 11 is 0. The molecular weight excluding hydrogens is 400 g/mol. The molecule has 164 valence electrons. The van der Waals surface area contributed by atoms with Crippen LogP contribution in [0.4, 0.5) is 14.5 Å². The normalized spacial score (nSPS) is 21.2. The molecule has 2 fully saturated rings. The molecule has 0 spiro atoms. The van der Waals surface area contributed by atoms with E-state index in [4.69, 9.17) is 0 Å². The molecule has 31 heavy (non-hydrogen) atoms. The number of benzene rings is 2. The average molecular weight is 427 g/mol. The number of carbonyl (C=O) groups is 2. The molecule has 2 aromatic carbocycles. The second kappa shape index (κ2) is 9.56. The zero-order valence-electron chi connectivity index (χ0n) is 17.4. The van der Waals surface area contributed by atoms with Crippen LogP contribution in [-0.2, 0) is 0 Å². The van der Waals surface area contributed by atoms with Gasteiger partial charge in [0.1, 0.15) is 17.2 Å². The SMILES string of the molecule is O=C(NCC1CCCN2CCCCC12)c1ccc(NC(=O)c2c(F)cccc2F)cc1. The molecule has 0 radical (unpaired) electrons. The van der Waals surface area contributed by atoms with E-state index >= 15 is 0 Å². The highest BCUT2D eigenvalue weighted by Gasteiger charge is 2.32. The minimum Gasteiger partial charge on any atom is -0.352 e. The highest BCUT2D eigenvalue weighted by atomic mass is 19.1. The molecule has 0 saturated carbocycles. The monoisotopic (exact) mass is 427 g/mol. The lowest BCUT2D eigenvalue weighted by atomic mass is 9.83. The second-order valence-electron chi connectivity index (χ2n) is 8.34. The van der Waals surface area contributed by atoms with Crippen LogP contribution in [0.1, 0.15) is 52.8 Å². The predicted molar refractivity (Wildman–Crippen MR) is 115 cm³/mol. The number of nitrogens with one attached hydrogen (secondary N) is 2. The molecule has 2 aliphatic rings. The fourth-order valence-electron chi connectivity index (χ4n) is 4.75. The van der Waals surface area contributed by atoms with Gasteiger partial charge in [0.05, 0.1) is 0 Å². The quantitative estimate of drug-likeness (QED) is 0.752. The topological polar surface area (TPSA) is 61.4 Å². The summed E-state index contributed by atoms with van der Waals surface area (Å²) in [5.41, 5.74) is 0.203. The van der Waals surface area contributed by atoms with Gasteiger partial charge in [0.2, 0.25) is 0 Å². The maximum Gasteiger partial charge on any atom is 0.261 e. The number of anilines is 1. The molecule has 2 aliphatic heterocycles. The van der Waals surface area contributed by atoms with Crippen LogP contribution in [-0.4, -0.2) is 42.4 Å². The Morgan fingerprint density at radius 2 is 1.61 bits per heavy atom. The molecule has 2 saturated heterocycles. The van der Waals surface area contributed by atoms with Crippen LogP contribution in [0.5, 0.6) is 0 Å². The van der Waals surface area contributed by atoms with E-state index in [1.807, 2.05) is 0 Å². The highest BCUT2D eigenvalue weighted by Crippen LogP contribution is 2.30. The van der Waals surface area contributed by atoms with E-state index in [0.29, 0.717) is 29.8 Å². The van der Waals surface area contributed by atoms with Gasteiger partial charge >= 0.3 is 0 Å². The molecule has 0 aromatic heterocycles. The molecule has 0 bridgehead atoms. The molecule has 2 N–H and O–H groups in total. The van der Waals surface area contributed by atoms with Crippen LogP contribution in [0.2, 0.25) is 0 Å². The molecule has 4 rings (SSSR count). The number of piperidine rings is 2. The van der Waals surface area contributed by atoms with E-state index in [2.05, 4.69) is 15.5 Å². The van der Waals surface area contributed by atoms with Crippen LogP contribution in [0.25, 0.3) is 0 Å². The Labute approximate surface area is 180 Å². The van der Waals surface area contributed by atoms with E-state index in [-0.39, 0.29) is 5.91 Å². The Morgan fingerprint density at radius 1 is 0.903 bits per heavy atom. The van der Waals surface area contributed by atoms with E-state index in [0.717, 1.165) is 18.6 Å². The number of fused-ring (bicyclic) bond motifs is 1. The maximum atomic E-state index is 13.8. The molecule has 7 heteroatoms. The Bertz CT molecular complexity index is 926. The number of hydrogen-bond donors (Lipinski definition) is 2. The fraction of sp³-hybridized carbons (Fsp3) is 0.417. The molecular formula is C24H27F2N3O2. The highest BCUT2D eigenvalue weighted by molar-refractivity contribution is 6.05. The van der Waals surface area contributed by atoms with Gasteiger partial charge in [-0.15, -0.1) is 0 Å². The number of hydrogen-bond acceptors (Lipinski definition) is 3. The largest absolute Gasteiger partial charge is 0.352 e. The Hall–Kier alpha value is -2.80. The first-order chi connectivity index (χ1) is 15.0. The van der Waals surface area contributed by atoms with Gasteiger partial charge in [0.25, 0.3) is 11.8 Å². The Morgan fingerprint density at radius 3 is 2.35 bits per heavy atom. The minimum atomic E-state index is -0.923. The third kappa shape index (κ3) is 4.93. The third-order valence-corrected chi connectivity index (χ3v) is 6.35. The Kier molecular flexibility index (Phi) is 6.61. The predicted octanol–water partition coefficient (Wildman–Crippen LogP) is 4.21. The van der Waals surface area contributed by atoms with Crippen molar-refractivity contribution in [3.05, 3.63) is 65.2 Å². The minimum absolute atomic E-state index is 0.161. The van der Waals surface area contributed by atoms with E-state index in [1.54, 1.807) is 24.3 Å². The molecule has 5 nitrogen and oxygen atoms in total. The lowest BCUT2D eigenvalue weighted by Crippen LogP contribution is -2.51. The van der Waals surface area contributed by atoms with Crippen molar-refractivity contribution >= 4 is 17.5 Å². The van der Waals surface area contributed by atoms with E-state index in [1.165, 1.54) is 44.8 Å². The first kappa shape index (κ1) is 21.4. The summed E-state index contributed by atoms with van der Waals surface area (Å²) in [6, 6.07) is 10.1. The van der Waals surface area contributed by atoms with Crippen molar-refractivity contribution in [1.82, 2.24) is 10.2 Å². The van der Waals surface area contributed by atoms with Crippen molar-refractivity contribution in [1.29, 1.82) is 0 Å². The van der Waals surface area contributed by atoms with Crippen LogP contribution >= 0.6 is 0 Å². The second-order valence-corrected chi connectivity index (χ2v) is 8.34. The van der Waals surface area contributed by atoms with Gasteiger partial charge in [0.15, 0.2) is 0 Å². The van der Waals surface area contributed by atoms with Crippen molar-refractivity contribution in [2.24, 2.45) is 5.92 Å². The van der Waals surface area contributed by atoms with Gasteiger partial charge in [-0.05, 0) is 81.1 Å². The molecule has 2 atom stereocenters. The van der Waals surface area contributed by atoms with Crippen molar-refractivity contribution in [3.63, 3.8) is 0 Å². The fourth-order valence-corrected chi connectivity index (χ4v) is 4.75. The number of nitrogens with zero attached hydrogens (tertiary/aromatic N) is 1. The molecule has 2 unspecified atom stereocenters. The molecule has 2 aromatic rings. The zero-order valence-corrected chi connectivity index (χ0v) is 17.4. The first-order valence-electron chi connectivity index (χ1n) is 10.9. The van der Waals surface area contributed by atoms with Crippen LogP contribution < -0.4 is 10.6 Å². The van der Waals surface area contributed by atoms with Crippen molar-refractivity contribution in [3.8, 4) is 0 Å². The smallest absolute Gasteiger partial charge is 0.261 e. The molecule has 2 amide bonds. The van der Waals surface area contributed by atoms with Crippen molar-refractivity contribution in [2.75, 3.05) is 25.0 Å². The number of amides is 2. The molecule has 0 aliphatic carbocycles. The van der Waals surface area contributed by atoms with Crippen LogP contribution in [0.15, 0.2) is 42.5 Å². The number of halogens is 2. The summed E-state index contributed by atoms with van der Waals surface area (Å²) < 4.78 is 27.5. The summed E-state index contributed by atoms with van der Waals surface area (Å²) in [4.78, 5) is 27.3. The van der Waals surface area contributed by atoms with Gasteiger partial charge in [-0.25, -0.2) is 8.78 Å². The van der Waals surface area contributed by atoms with E-state index < -0.39 is 23.1 Å². The molecule has 2 heterocycles. The van der Waals surface area contributed by atoms with Gasteiger partial charge < -0.3 is 15.5 Å². The average Bonchev–Trinajstić information content (AvgIpc) is 2.78. The summed E-state index contributed by atoms with van der Waals surface area (Å²) in [6.07, 6.45) is 6.04. The van der Waals surface area contributed by atoms with E-state index in [9.17, 15) is 18.4 Å². The van der Waals surface area contributed by atoms with Crippen molar-refractivity contribution in [2.45, 2.75) is 38.1 Å². The number of carbonyl (C=O) groups excluding carboxylic acids is 2. The lowest BCUT2D eigenvalue weighted by molar-refractivity contribution is 0.0575. The Balaban J connectivity index is 1.33. The van der Waals surface area contributed by atoms with Crippen molar-refractivity contribution < 1.29 is 18.4 Å². The van der Waals surface area contributed by atoms with Gasteiger partial charge in [-0.2, -0.15) is 0 Å². The maximum absolute atomic E-state index is 13.8. The summed E-state index contributed by atoms with van der Waals surface area (Å²) in [5.74, 6) is -2.40. The summed E-state index contributed by atoms with van der Waals surface area (Å²) in [6.45, 7) is 2.99. The van der Waals surface area contributed by atoms with Gasteiger partial charge in [0, 0.05) is 23.8 Å². The number of rotatable bonds is 5. The van der Waals surface area contributed by atoms with Gasteiger partial charge in [-0.3, -0.25) is 9.59 Å². The zero-order chi connectivity index (χ0) is 21.8. The summed E-state index contributed by atoms with van der Waals surface area (Å²) in [7, 11) is 0. The first-order valence-corrected chi connectivity index (χ1v) is 10.9. The third-order valence-electron chi connectivity index (χ3n) is 6.35. The van der Waals surface area contributed by atoms with Crippen LogP contribution in [0.3, 0.4) is 0 Å². The summed E-state index contributed by atoms with van der Waals surface area (Å²) in [5, 5.41) is 5.52.